The summed E-state index contributed by atoms with van der Waals surface area (Å²) in [5, 5.41) is 1.98. The van der Waals surface area contributed by atoms with E-state index in [-0.39, 0.29) is 12.3 Å². The third-order valence-electron chi connectivity index (χ3n) is 1.34. The number of hydrogen-bond acceptors (Lipinski definition) is 2. The molecule has 0 bridgehead atoms. The minimum Gasteiger partial charge on any atom is -0.369 e. The zero-order chi connectivity index (χ0) is 8.97. The number of aryl methyl sites for hydroxylation is 1. The van der Waals surface area contributed by atoms with Crippen LogP contribution in [-0.4, -0.2) is 5.91 Å². The summed E-state index contributed by atoms with van der Waals surface area (Å²) in [7, 11) is 0. The van der Waals surface area contributed by atoms with Crippen molar-refractivity contribution in [3.05, 3.63) is 21.9 Å². The first-order chi connectivity index (χ1) is 5.70. The number of hydrogen-bond donors (Lipinski definition) is 1. The van der Waals surface area contributed by atoms with E-state index in [1.807, 2.05) is 18.4 Å². The van der Waals surface area contributed by atoms with Crippen LogP contribution in [0.25, 0.3) is 0 Å². The van der Waals surface area contributed by atoms with Crippen molar-refractivity contribution >= 4 is 17.2 Å². The Hall–Kier alpha value is -1.27. The zero-order valence-electron chi connectivity index (χ0n) is 6.76. The molecule has 0 radical (unpaired) electrons. The summed E-state index contributed by atoms with van der Waals surface area (Å²) in [4.78, 5) is 11.5. The van der Waals surface area contributed by atoms with E-state index >= 15 is 0 Å². The molecule has 0 saturated carbocycles. The van der Waals surface area contributed by atoms with Gasteiger partial charge in [0.1, 0.15) is 0 Å². The Morgan fingerprint density at radius 1 is 1.75 bits per heavy atom. The lowest BCUT2D eigenvalue weighted by Crippen LogP contribution is -2.08. The van der Waals surface area contributed by atoms with Gasteiger partial charge >= 0.3 is 0 Å². The van der Waals surface area contributed by atoms with Gasteiger partial charge in [-0.25, -0.2) is 0 Å². The van der Waals surface area contributed by atoms with Crippen LogP contribution in [0, 0.1) is 18.8 Å². The Morgan fingerprint density at radius 2 is 2.50 bits per heavy atom. The second-order valence-corrected chi connectivity index (χ2v) is 3.46. The van der Waals surface area contributed by atoms with Crippen LogP contribution in [0.2, 0.25) is 0 Å². The molecule has 2 N–H and O–H groups in total. The average molecular weight is 179 g/mol. The molecule has 0 aromatic carbocycles. The SMILES string of the molecule is Cc1sccc1C#CCC(N)=O. The van der Waals surface area contributed by atoms with Crippen molar-refractivity contribution < 1.29 is 4.79 Å². The van der Waals surface area contributed by atoms with Crippen molar-refractivity contribution in [2.24, 2.45) is 5.73 Å². The highest BCUT2D eigenvalue weighted by Gasteiger charge is 1.93. The standard InChI is InChI=1S/C9H9NOS/c1-7-8(5-6-12-7)3-2-4-9(10)11/h5-6H,4H2,1H3,(H2,10,11). The lowest BCUT2D eigenvalue weighted by atomic mass is 10.2. The Morgan fingerprint density at radius 3 is 3.00 bits per heavy atom. The molecule has 0 fully saturated rings. The summed E-state index contributed by atoms with van der Waals surface area (Å²) in [5.41, 5.74) is 5.92. The van der Waals surface area contributed by atoms with Crippen LogP contribution in [0.4, 0.5) is 0 Å². The number of nitrogens with two attached hydrogens (primary N) is 1. The number of carbonyl (C=O) groups is 1. The maximum absolute atomic E-state index is 10.3. The third-order valence-corrected chi connectivity index (χ3v) is 2.19. The smallest absolute Gasteiger partial charge is 0.229 e. The van der Waals surface area contributed by atoms with Gasteiger partial charge in [-0.15, -0.1) is 11.3 Å². The first-order valence-corrected chi connectivity index (χ1v) is 4.39. The van der Waals surface area contributed by atoms with Crippen LogP contribution < -0.4 is 5.73 Å². The summed E-state index contributed by atoms with van der Waals surface area (Å²) in [6, 6.07) is 1.94. The third kappa shape index (κ3) is 2.40. The van der Waals surface area contributed by atoms with Crippen molar-refractivity contribution in [3.8, 4) is 11.8 Å². The minimum absolute atomic E-state index is 0.134. The summed E-state index contributed by atoms with van der Waals surface area (Å²) >= 11 is 1.64. The Bertz CT molecular complexity index is 343. The molecule has 1 rings (SSSR count). The van der Waals surface area contributed by atoms with Gasteiger partial charge in [-0.1, -0.05) is 11.8 Å². The largest absolute Gasteiger partial charge is 0.369 e. The van der Waals surface area contributed by atoms with Crippen LogP contribution in [-0.2, 0) is 4.79 Å². The summed E-state index contributed by atoms with van der Waals surface area (Å²) in [5.74, 6) is 5.21. The monoisotopic (exact) mass is 179 g/mol. The van der Waals surface area contributed by atoms with Crippen molar-refractivity contribution in [3.63, 3.8) is 0 Å². The van der Waals surface area contributed by atoms with E-state index < -0.39 is 0 Å². The molecule has 0 atom stereocenters. The predicted molar refractivity (Wildman–Crippen MR) is 49.7 cm³/mol. The van der Waals surface area contributed by atoms with Crippen LogP contribution in [0.1, 0.15) is 16.9 Å². The van der Waals surface area contributed by atoms with E-state index in [0.717, 1.165) is 5.56 Å². The summed E-state index contributed by atoms with van der Waals surface area (Å²) < 4.78 is 0. The molecule has 0 aliphatic heterocycles. The van der Waals surface area contributed by atoms with Crippen LogP contribution >= 0.6 is 11.3 Å². The van der Waals surface area contributed by atoms with Crippen molar-refractivity contribution in [2.45, 2.75) is 13.3 Å². The molecule has 0 saturated heterocycles. The van der Waals surface area contributed by atoms with Gasteiger partial charge in [0.25, 0.3) is 0 Å². The van der Waals surface area contributed by atoms with E-state index in [2.05, 4.69) is 11.8 Å². The molecule has 12 heavy (non-hydrogen) atoms. The lowest BCUT2D eigenvalue weighted by molar-refractivity contribution is -0.117. The topological polar surface area (TPSA) is 43.1 Å². The molecular formula is C9H9NOS. The van der Waals surface area contributed by atoms with Gasteiger partial charge in [0.2, 0.25) is 5.91 Å². The molecule has 62 valence electrons. The molecule has 0 aliphatic rings. The van der Waals surface area contributed by atoms with E-state index in [4.69, 9.17) is 5.73 Å². The van der Waals surface area contributed by atoms with Gasteiger partial charge in [0, 0.05) is 10.4 Å². The van der Waals surface area contributed by atoms with Crippen LogP contribution in [0.3, 0.4) is 0 Å². The zero-order valence-corrected chi connectivity index (χ0v) is 7.57. The van der Waals surface area contributed by atoms with Crippen LogP contribution in [0.15, 0.2) is 11.4 Å². The van der Waals surface area contributed by atoms with E-state index in [1.54, 1.807) is 11.3 Å². The molecule has 1 aromatic rings. The number of carbonyl (C=O) groups excluding carboxylic acids is 1. The van der Waals surface area contributed by atoms with Crippen molar-refractivity contribution in [2.75, 3.05) is 0 Å². The number of rotatable bonds is 1. The molecule has 0 aliphatic carbocycles. The van der Waals surface area contributed by atoms with Gasteiger partial charge < -0.3 is 5.73 Å². The Kier molecular flexibility index (Phi) is 2.89. The normalized spacial score (nSPS) is 8.75. The van der Waals surface area contributed by atoms with Gasteiger partial charge in [0.05, 0.1) is 6.42 Å². The van der Waals surface area contributed by atoms with Gasteiger partial charge in [-0.05, 0) is 18.4 Å². The lowest BCUT2D eigenvalue weighted by Gasteiger charge is -1.83. The summed E-state index contributed by atoms with van der Waals surface area (Å²) in [6.45, 7) is 2.00. The fraction of sp³-hybridized carbons (Fsp3) is 0.222. The average Bonchev–Trinajstić information content (AvgIpc) is 2.36. The fourth-order valence-electron chi connectivity index (χ4n) is 0.741. The molecule has 1 aromatic heterocycles. The fourth-order valence-corrected chi connectivity index (χ4v) is 1.40. The van der Waals surface area contributed by atoms with Crippen molar-refractivity contribution in [1.29, 1.82) is 0 Å². The molecule has 1 heterocycles. The molecule has 0 unspecified atom stereocenters. The van der Waals surface area contributed by atoms with Gasteiger partial charge in [0.15, 0.2) is 0 Å². The highest BCUT2D eigenvalue weighted by atomic mass is 32.1. The predicted octanol–water partition coefficient (Wildman–Crippen LogP) is 1.28. The van der Waals surface area contributed by atoms with Crippen LogP contribution in [0.5, 0.6) is 0 Å². The van der Waals surface area contributed by atoms with Gasteiger partial charge in [-0.3, -0.25) is 4.79 Å². The number of primary amides is 1. The van der Waals surface area contributed by atoms with E-state index in [0.29, 0.717) is 0 Å². The number of thiophene rings is 1. The second kappa shape index (κ2) is 3.93. The molecule has 3 heteroatoms. The maximum atomic E-state index is 10.3. The first-order valence-electron chi connectivity index (χ1n) is 3.51. The molecular weight excluding hydrogens is 170 g/mol. The second-order valence-electron chi connectivity index (χ2n) is 2.34. The van der Waals surface area contributed by atoms with E-state index in [9.17, 15) is 4.79 Å². The first kappa shape index (κ1) is 8.82. The molecule has 1 amide bonds. The quantitative estimate of drug-likeness (QED) is 0.648. The molecule has 0 spiro atoms. The maximum Gasteiger partial charge on any atom is 0.229 e. The Labute approximate surface area is 75.4 Å². The van der Waals surface area contributed by atoms with Crippen molar-refractivity contribution in [1.82, 2.24) is 0 Å². The van der Waals surface area contributed by atoms with E-state index in [1.165, 1.54) is 4.88 Å². The van der Waals surface area contributed by atoms with Gasteiger partial charge in [-0.2, -0.15) is 0 Å². The summed E-state index contributed by atoms with van der Waals surface area (Å²) in [6.07, 6.45) is 0.134. The molecule has 2 nitrogen and oxygen atoms in total. The minimum atomic E-state index is -0.379. The highest BCUT2D eigenvalue weighted by molar-refractivity contribution is 7.10. The highest BCUT2D eigenvalue weighted by Crippen LogP contribution is 2.12. The Balaban J connectivity index is 2.67. The number of amides is 1.